The lowest BCUT2D eigenvalue weighted by Crippen LogP contribution is -2.60. The van der Waals surface area contributed by atoms with Crippen molar-refractivity contribution in [2.24, 2.45) is 0 Å². The molecular weight excluding hydrogens is 995 g/mol. The Kier molecular flexibility index (Phi) is 57.4. The predicted octanol–water partition coefficient (Wildman–Crippen LogP) is 18.8. The largest absolute Gasteiger partial charge is 0.394 e. The zero-order valence-corrected chi connectivity index (χ0v) is 52.6. The van der Waals surface area contributed by atoms with Gasteiger partial charge in [-0.15, -0.1) is 0 Å². The van der Waals surface area contributed by atoms with Crippen molar-refractivity contribution in [1.29, 1.82) is 0 Å². The Bertz CT molecular complexity index is 1400. The zero-order valence-electron chi connectivity index (χ0n) is 52.6. The van der Waals surface area contributed by atoms with E-state index in [1.165, 1.54) is 276 Å². The molecule has 6 N–H and O–H groups in total. The van der Waals surface area contributed by atoms with Crippen LogP contribution in [0.1, 0.15) is 341 Å². The number of hydrogen-bond donors (Lipinski definition) is 6. The maximum atomic E-state index is 13.1. The number of rotatable bonds is 61. The van der Waals surface area contributed by atoms with E-state index in [4.69, 9.17) is 9.47 Å². The van der Waals surface area contributed by atoms with E-state index >= 15 is 0 Å². The maximum absolute atomic E-state index is 13.1. The molecule has 0 radical (unpaired) electrons. The minimum atomic E-state index is -1.57. The van der Waals surface area contributed by atoms with Crippen LogP contribution in [0.5, 0.6) is 0 Å². The predicted molar refractivity (Wildman–Crippen MR) is 341 cm³/mol. The molecule has 0 aromatic rings. The van der Waals surface area contributed by atoms with Gasteiger partial charge in [-0.2, -0.15) is 0 Å². The van der Waals surface area contributed by atoms with Crippen molar-refractivity contribution < 1.29 is 39.8 Å². The van der Waals surface area contributed by atoms with E-state index in [1.54, 1.807) is 6.08 Å². The lowest BCUT2D eigenvalue weighted by molar-refractivity contribution is -0.302. The third-order valence-corrected chi connectivity index (χ3v) is 16.6. The van der Waals surface area contributed by atoms with Gasteiger partial charge in [0.05, 0.1) is 25.4 Å². The molecule has 9 heteroatoms. The highest BCUT2D eigenvalue weighted by Crippen LogP contribution is 2.23. The highest BCUT2D eigenvalue weighted by Gasteiger charge is 2.44. The van der Waals surface area contributed by atoms with E-state index in [2.05, 4.69) is 55.6 Å². The lowest BCUT2D eigenvalue weighted by atomic mass is 9.99. The Hall–Kier alpha value is -1.85. The normalized spacial score (nSPS) is 18.7. The van der Waals surface area contributed by atoms with Crippen LogP contribution in [0.15, 0.2) is 48.6 Å². The summed E-state index contributed by atoms with van der Waals surface area (Å²) in [4.78, 5) is 13.1. The lowest BCUT2D eigenvalue weighted by Gasteiger charge is -2.40. The van der Waals surface area contributed by atoms with Crippen LogP contribution in [-0.4, -0.2) is 87.5 Å². The van der Waals surface area contributed by atoms with E-state index < -0.39 is 49.5 Å². The van der Waals surface area contributed by atoms with Crippen LogP contribution in [0.2, 0.25) is 0 Å². The van der Waals surface area contributed by atoms with Gasteiger partial charge in [0.25, 0.3) is 0 Å². The second-order valence-electron chi connectivity index (χ2n) is 24.3. The van der Waals surface area contributed by atoms with E-state index in [1.807, 2.05) is 6.08 Å². The number of unbranched alkanes of at least 4 members (excludes halogenated alkanes) is 45. The van der Waals surface area contributed by atoms with Crippen LogP contribution in [0, 0.1) is 0 Å². The smallest absolute Gasteiger partial charge is 0.220 e. The minimum absolute atomic E-state index is 0.182. The van der Waals surface area contributed by atoms with E-state index in [-0.39, 0.29) is 12.5 Å². The Morgan fingerprint density at radius 1 is 0.425 bits per heavy atom. The number of hydrogen-bond acceptors (Lipinski definition) is 8. The Balaban J connectivity index is 2.15. The Morgan fingerprint density at radius 2 is 0.750 bits per heavy atom. The molecule has 80 heavy (non-hydrogen) atoms. The first-order valence-corrected chi connectivity index (χ1v) is 34.9. The molecule has 7 unspecified atom stereocenters. The van der Waals surface area contributed by atoms with Gasteiger partial charge in [-0.1, -0.05) is 319 Å². The third kappa shape index (κ3) is 48.5. The molecule has 0 aliphatic carbocycles. The molecule has 470 valence electrons. The molecule has 7 atom stereocenters. The summed E-state index contributed by atoms with van der Waals surface area (Å²) in [5, 5.41) is 54.7. The highest BCUT2D eigenvalue weighted by molar-refractivity contribution is 5.76. The fourth-order valence-corrected chi connectivity index (χ4v) is 11.1. The third-order valence-electron chi connectivity index (χ3n) is 16.6. The monoisotopic (exact) mass is 1130 g/mol. The minimum Gasteiger partial charge on any atom is -0.394 e. The summed E-state index contributed by atoms with van der Waals surface area (Å²) in [6.07, 6.45) is 75.1. The van der Waals surface area contributed by atoms with Gasteiger partial charge in [-0.3, -0.25) is 4.79 Å². The number of amides is 1. The molecule has 0 spiro atoms. The number of carbonyl (C=O) groups excluding carboxylic acids is 1. The van der Waals surface area contributed by atoms with Gasteiger partial charge in [-0.25, -0.2) is 0 Å². The van der Waals surface area contributed by atoms with E-state index in [0.717, 1.165) is 44.9 Å². The molecule has 0 saturated carbocycles. The first kappa shape index (κ1) is 76.2. The number of carbonyl (C=O) groups is 1. The summed E-state index contributed by atoms with van der Waals surface area (Å²) in [7, 11) is 0. The summed E-state index contributed by atoms with van der Waals surface area (Å²) in [5.41, 5.74) is 0. The van der Waals surface area contributed by atoms with Crippen molar-refractivity contribution in [3.05, 3.63) is 48.6 Å². The van der Waals surface area contributed by atoms with Crippen LogP contribution in [0.25, 0.3) is 0 Å². The fourth-order valence-electron chi connectivity index (χ4n) is 11.1. The molecule has 1 heterocycles. The zero-order chi connectivity index (χ0) is 57.9. The molecule has 1 rings (SSSR count). The molecule has 0 bridgehead atoms. The summed E-state index contributed by atoms with van der Waals surface area (Å²) >= 11 is 0. The molecule has 0 aromatic heterocycles. The molecular formula is C71H133NO8. The van der Waals surface area contributed by atoms with Crippen molar-refractivity contribution in [3.8, 4) is 0 Å². The van der Waals surface area contributed by atoms with Crippen molar-refractivity contribution in [2.75, 3.05) is 13.2 Å². The van der Waals surface area contributed by atoms with Crippen LogP contribution >= 0.6 is 0 Å². The summed E-state index contributed by atoms with van der Waals surface area (Å²) in [5.74, 6) is -0.182. The Labute approximate surface area is 494 Å². The van der Waals surface area contributed by atoms with Crippen molar-refractivity contribution >= 4 is 5.91 Å². The number of nitrogens with one attached hydrogen (secondary N) is 1. The average Bonchev–Trinajstić information content (AvgIpc) is 3.46. The fraction of sp³-hybridized carbons (Fsp3) is 0.873. The molecule has 0 aromatic carbocycles. The van der Waals surface area contributed by atoms with Gasteiger partial charge in [0.2, 0.25) is 5.91 Å². The van der Waals surface area contributed by atoms with Gasteiger partial charge >= 0.3 is 0 Å². The molecule has 1 saturated heterocycles. The highest BCUT2D eigenvalue weighted by atomic mass is 16.7. The first-order valence-electron chi connectivity index (χ1n) is 34.9. The van der Waals surface area contributed by atoms with Crippen LogP contribution in [-0.2, 0) is 14.3 Å². The molecule has 1 fully saturated rings. The van der Waals surface area contributed by atoms with Crippen LogP contribution in [0.4, 0.5) is 0 Å². The van der Waals surface area contributed by atoms with E-state index in [9.17, 15) is 30.3 Å². The standard InChI is InChI=1S/C71H133NO8/c1-3-5-7-9-11-13-15-17-19-21-23-25-27-29-31-32-33-35-36-38-40-42-44-46-48-50-52-54-56-58-60-65(74)64(63-79-71-70(78)69(77)68(76)66(62-73)80-71)72-67(75)61-59-57-55-53-51-49-47-45-43-41-39-37-34-30-28-26-24-22-20-18-16-14-12-10-8-6-4-2/h16,18,22,24,50,52,58,60,64-66,68-71,73-74,76-78H,3-15,17,19-21,23,25-49,51,53-57,59,61-63H2,1-2H3,(H,72,75)/b18-16-,24-22-,52-50+,60-58+. The van der Waals surface area contributed by atoms with Crippen molar-refractivity contribution in [1.82, 2.24) is 5.32 Å². The van der Waals surface area contributed by atoms with Gasteiger partial charge < -0.3 is 40.3 Å². The van der Waals surface area contributed by atoms with Gasteiger partial charge in [0, 0.05) is 6.42 Å². The molecule has 1 aliphatic heterocycles. The first-order chi connectivity index (χ1) is 39.3. The van der Waals surface area contributed by atoms with Gasteiger partial charge in [0.15, 0.2) is 6.29 Å². The SMILES string of the molecule is CCCCCCC/C=C\C/C=C\CCCCCCCCCCCCCCCCCC(=O)NC(COC1OC(CO)C(O)C(O)C1O)C(O)/C=C/CC/C=C/CCCCCCCCCCCCCCCCCCCCCCCCCC. The number of ether oxygens (including phenoxy) is 2. The summed E-state index contributed by atoms with van der Waals surface area (Å²) in [6.45, 7) is 3.80. The second-order valence-corrected chi connectivity index (χ2v) is 24.3. The number of allylic oxidation sites excluding steroid dienone is 7. The topological polar surface area (TPSA) is 149 Å². The van der Waals surface area contributed by atoms with Crippen molar-refractivity contribution in [2.45, 2.75) is 384 Å². The molecule has 1 amide bonds. The quantitative estimate of drug-likeness (QED) is 0.0261. The maximum Gasteiger partial charge on any atom is 0.220 e. The average molecular weight is 1130 g/mol. The molecule has 1 aliphatic rings. The van der Waals surface area contributed by atoms with Crippen molar-refractivity contribution in [3.63, 3.8) is 0 Å². The summed E-state index contributed by atoms with van der Waals surface area (Å²) < 4.78 is 11.3. The van der Waals surface area contributed by atoms with Gasteiger partial charge in [-0.05, 0) is 64.2 Å². The Morgan fingerprint density at radius 3 is 1.12 bits per heavy atom. The van der Waals surface area contributed by atoms with Crippen LogP contribution < -0.4 is 5.32 Å². The summed E-state index contributed by atoms with van der Waals surface area (Å²) in [6, 6.07) is -0.824. The second kappa shape index (κ2) is 60.3. The molecule has 9 nitrogen and oxygen atoms in total. The number of aliphatic hydroxyl groups excluding tert-OH is 5. The van der Waals surface area contributed by atoms with E-state index in [0.29, 0.717) is 6.42 Å². The van der Waals surface area contributed by atoms with Gasteiger partial charge in [0.1, 0.15) is 24.4 Å². The number of aliphatic hydroxyl groups is 5. The van der Waals surface area contributed by atoms with Crippen LogP contribution in [0.3, 0.4) is 0 Å².